The zero-order valence-electron chi connectivity index (χ0n) is 15.5. The van der Waals surface area contributed by atoms with E-state index < -0.39 is 0 Å². The van der Waals surface area contributed by atoms with Gasteiger partial charge in [0.05, 0.1) is 28.5 Å². The van der Waals surface area contributed by atoms with Gasteiger partial charge in [0, 0.05) is 30.7 Å². The average molecular weight is 350 g/mol. The number of hydrogen-bond acceptors (Lipinski definition) is 4. The van der Waals surface area contributed by atoms with Crippen LogP contribution in [0.3, 0.4) is 0 Å². The third-order valence-corrected chi connectivity index (χ3v) is 5.79. The largest absolute Gasteiger partial charge is 0.331 e. The Morgan fingerprint density at radius 3 is 2.54 bits per heavy atom. The quantitative estimate of drug-likeness (QED) is 0.898. The van der Waals surface area contributed by atoms with Crippen molar-refractivity contribution in [3.8, 4) is 0 Å². The van der Waals surface area contributed by atoms with Gasteiger partial charge in [0.25, 0.3) is 0 Å². The first-order chi connectivity index (χ1) is 11.2. The lowest BCUT2D eigenvalue weighted by atomic mass is 10.1. The summed E-state index contributed by atoms with van der Waals surface area (Å²) in [5.74, 6) is 0. The Morgan fingerprint density at radius 2 is 2.04 bits per heavy atom. The monoisotopic (exact) mass is 349 g/mol. The Morgan fingerprint density at radius 1 is 1.38 bits per heavy atom. The van der Waals surface area contributed by atoms with Gasteiger partial charge in [-0.2, -0.15) is 5.10 Å². The molecule has 1 N–H and O–H groups in total. The van der Waals surface area contributed by atoms with Gasteiger partial charge in [0.15, 0.2) is 0 Å². The van der Waals surface area contributed by atoms with E-state index >= 15 is 0 Å². The highest BCUT2D eigenvalue weighted by atomic mass is 32.1. The van der Waals surface area contributed by atoms with Crippen molar-refractivity contribution in [2.75, 3.05) is 7.05 Å². The van der Waals surface area contributed by atoms with Crippen LogP contribution in [0.1, 0.15) is 59.7 Å². The van der Waals surface area contributed by atoms with Crippen molar-refractivity contribution in [3.05, 3.63) is 33.0 Å². The minimum Gasteiger partial charge on any atom is -0.331 e. The van der Waals surface area contributed by atoms with Gasteiger partial charge in [-0.1, -0.05) is 6.92 Å². The Balaban J connectivity index is 2.08. The van der Waals surface area contributed by atoms with E-state index in [4.69, 9.17) is 0 Å². The Kier molecular flexibility index (Phi) is 5.64. The lowest BCUT2D eigenvalue weighted by molar-refractivity contribution is 0.191. The molecule has 0 aliphatic heterocycles. The van der Waals surface area contributed by atoms with Crippen LogP contribution in [0.25, 0.3) is 0 Å². The number of aromatic nitrogens is 3. The Hall–Kier alpha value is -1.89. The summed E-state index contributed by atoms with van der Waals surface area (Å²) in [6.45, 7) is 10.1. The zero-order valence-corrected chi connectivity index (χ0v) is 16.4. The van der Waals surface area contributed by atoms with Crippen LogP contribution in [-0.4, -0.2) is 32.7 Å². The van der Waals surface area contributed by atoms with E-state index in [1.165, 1.54) is 0 Å². The maximum Gasteiger partial charge on any atom is 0.318 e. The van der Waals surface area contributed by atoms with Gasteiger partial charge in [0.1, 0.15) is 0 Å². The van der Waals surface area contributed by atoms with Crippen LogP contribution in [-0.2, 0) is 13.5 Å². The van der Waals surface area contributed by atoms with E-state index in [9.17, 15) is 4.79 Å². The average Bonchev–Trinajstić information content (AvgIpc) is 3.07. The third-order valence-electron chi connectivity index (χ3n) is 4.32. The second-order valence-corrected chi connectivity index (χ2v) is 7.33. The lowest BCUT2D eigenvalue weighted by Crippen LogP contribution is -2.40. The number of nitrogens with zero attached hydrogens (tertiary/aromatic N) is 4. The molecule has 2 heterocycles. The molecule has 24 heavy (non-hydrogen) atoms. The molecule has 0 spiro atoms. The summed E-state index contributed by atoms with van der Waals surface area (Å²) < 4.78 is 1.77. The first-order valence-electron chi connectivity index (χ1n) is 8.24. The van der Waals surface area contributed by atoms with E-state index in [0.29, 0.717) is 0 Å². The number of amides is 2. The molecule has 0 fully saturated rings. The summed E-state index contributed by atoms with van der Waals surface area (Å²) in [5.41, 5.74) is 2.99. The van der Waals surface area contributed by atoms with Gasteiger partial charge < -0.3 is 10.2 Å². The number of nitrogens with one attached hydrogen (secondary N) is 1. The van der Waals surface area contributed by atoms with Gasteiger partial charge in [-0.05, 0) is 34.1 Å². The van der Waals surface area contributed by atoms with Crippen molar-refractivity contribution in [1.29, 1.82) is 0 Å². The highest BCUT2D eigenvalue weighted by molar-refractivity contribution is 7.11. The highest BCUT2D eigenvalue weighted by Gasteiger charge is 2.23. The molecule has 0 saturated heterocycles. The van der Waals surface area contributed by atoms with Gasteiger partial charge in [0.2, 0.25) is 0 Å². The van der Waals surface area contributed by atoms with Crippen molar-refractivity contribution in [2.45, 2.75) is 53.1 Å². The molecule has 2 amide bonds. The standard InChI is InChI=1S/C17H27N5OS/c1-8-15-18-12(4)16(24-15)13(5)22(7)17(23)19-10(2)14-9-21(6)20-11(14)3/h9-10,13H,8H2,1-7H3,(H,19,23)/t10-,13-/m1/s1. The second-order valence-electron chi connectivity index (χ2n) is 6.21. The number of thiazole rings is 1. The van der Waals surface area contributed by atoms with E-state index in [1.54, 1.807) is 20.9 Å². The van der Waals surface area contributed by atoms with Crippen molar-refractivity contribution < 1.29 is 4.79 Å². The van der Waals surface area contributed by atoms with Crippen molar-refractivity contribution in [1.82, 2.24) is 25.0 Å². The fourth-order valence-corrected chi connectivity index (χ4v) is 3.87. The molecule has 2 atom stereocenters. The molecule has 0 bridgehead atoms. The predicted molar refractivity (Wildman–Crippen MR) is 97.3 cm³/mol. The predicted octanol–water partition coefficient (Wildman–Crippen LogP) is 3.52. The van der Waals surface area contributed by atoms with Crippen molar-refractivity contribution in [3.63, 3.8) is 0 Å². The number of carbonyl (C=O) groups is 1. The molecule has 132 valence electrons. The van der Waals surface area contributed by atoms with Crippen LogP contribution < -0.4 is 5.32 Å². The van der Waals surface area contributed by atoms with Crippen LogP contribution in [0.2, 0.25) is 0 Å². The molecular formula is C17H27N5OS. The van der Waals surface area contributed by atoms with E-state index in [2.05, 4.69) is 22.3 Å². The van der Waals surface area contributed by atoms with Crippen LogP contribution in [0, 0.1) is 13.8 Å². The van der Waals surface area contributed by atoms with Gasteiger partial charge in [-0.15, -0.1) is 11.3 Å². The molecule has 2 aromatic rings. The van der Waals surface area contributed by atoms with Crippen LogP contribution in [0.4, 0.5) is 4.79 Å². The number of urea groups is 1. The van der Waals surface area contributed by atoms with Gasteiger partial charge in [-0.25, -0.2) is 9.78 Å². The summed E-state index contributed by atoms with van der Waals surface area (Å²) in [6.07, 6.45) is 2.87. The second kappa shape index (κ2) is 7.34. The smallest absolute Gasteiger partial charge is 0.318 e. The number of rotatable bonds is 5. The first kappa shape index (κ1) is 18.4. The summed E-state index contributed by atoms with van der Waals surface area (Å²) in [5, 5.41) is 8.51. The summed E-state index contributed by atoms with van der Waals surface area (Å²) >= 11 is 1.69. The fraction of sp³-hybridized carbons (Fsp3) is 0.588. The molecular weight excluding hydrogens is 322 g/mol. The van der Waals surface area contributed by atoms with E-state index in [0.717, 1.165) is 33.3 Å². The minimum atomic E-state index is -0.0934. The number of aryl methyl sites for hydroxylation is 4. The summed E-state index contributed by atoms with van der Waals surface area (Å²) in [4.78, 5) is 20.1. The maximum atomic E-state index is 12.6. The molecule has 0 saturated carbocycles. The van der Waals surface area contributed by atoms with E-state index in [-0.39, 0.29) is 18.1 Å². The molecule has 6 nitrogen and oxygen atoms in total. The Labute approximate surface area is 147 Å². The van der Waals surface area contributed by atoms with Crippen molar-refractivity contribution in [2.24, 2.45) is 7.05 Å². The first-order valence-corrected chi connectivity index (χ1v) is 9.05. The lowest BCUT2D eigenvalue weighted by Gasteiger charge is -2.26. The minimum absolute atomic E-state index is 0.00926. The molecule has 0 aliphatic rings. The summed E-state index contributed by atoms with van der Waals surface area (Å²) in [7, 11) is 3.71. The van der Waals surface area contributed by atoms with Gasteiger partial charge in [-0.3, -0.25) is 4.68 Å². The molecule has 2 aromatic heterocycles. The number of carbonyl (C=O) groups excluding carboxylic acids is 1. The third kappa shape index (κ3) is 3.77. The molecule has 0 aromatic carbocycles. The molecule has 0 unspecified atom stereocenters. The van der Waals surface area contributed by atoms with Gasteiger partial charge >= 0.3 is 6.03 Å². The molecule has 0 aliphatic carbocycles. The van der Waals surface area contributed by atoms with Crippen LogP contribution in [0.5, 0.6) is 0 Å². The normalized spacial score (nSPS) is 13.6. The molecule has 0 radical (unpaired) electrons. The zero-order chi connectivity index (χ0) is 18.0. The molecule has 2 rings (SSSR count). The SMILES string of the molecule is CCc1nc(C)c([C@@H](C)N(C)C(=O)N[C@H](C)c2cn(C)nc2C)s1. The summed E-state index contributed by atoms with van der Waals surface area (Å²) in [6, 6.07) is -0.191. The van der Waals surface area contributed by atoms with Crippen LogP contribution in [0.15, 0.2) is 6.20 Å². The van der Waals surface area contributed by atoms with E-state index in [1.807, 2.05) is 48.0 Å². The molecule has 7 heteroatoms. The van der Waals surface area contributed by atoms with Crippen molar-refractivity contribution >= 4 is 17.4 Å². The maximum absolute atomic E-state index is 12.6. The topological polar surface area (TPSA) is 63.1 Å². The highest BCUT2D eigenvalue weighted by Crippen LogP contribution is 2.29. The Bertz CT molecular complexity index is 721. The fourth-order valence-electron chi connectivity index (χ4n) is 2.76. The number of hydrogen-bond donors (Lipinski definition) is 1. The van der Waals surface area contributed by atoms with Crippen LogP contribution >= 0.6 is 11.3 Å².